The highest BCUT2D eigenvalue weighted by molar-refractivity contribution is 5.53. The monoisotopic (exact) mass is 237 g/mol. The van der Waals surface area contributed by atoms with Crippen LogP contribution in [0.25, 0.3) is 0 Å². The van der Waals surface area contributed by atoms with Crippen LogP contribution in [0.2, 0.25) is 0 Å². The van der Waals surface area contributed by atoms with E-state index in [0.717, 1.165) is 24.4 Å². The van der Waals surface area contributed by atoms with Crippen LogP contribution in [-0.2, 0) is 13.5 Å². The second kappa shape index (κ2) is 4.98. The Kier molecular flexibility index (Phi) is 3.60. The lowest BCUT2D eigenvalue weighted by atomic mass is 9.88. The van der Waals surface area contributed by atoms with Crippen molar-refractivity contribution < 1.29 is 4.74 Å². The molecule has 0 radical (unpaired) electrons. The quantitative estimate of drug-likeness (QED) is 0.879. The van der Waals surface area contributed by atoms with Gasteiger partial charge >= 0.3 is 0 Å². The van der Waals surface area contributed by atoms with Crippen LogP contribution in [0.15, 0.2) is 0 Å². The molecule has 1 aromatic rings. The second-order valence-corrected chi connectivity index (χ2v) is 5.06. The molecule has 2 unspecified atom stereocenters. The van der Waals surface area contributed by atoms with Gasteiger partial charge in [0.05, 0.1) is 5.69 Å². The predicted molar refractivity (Wildman–Crippen MR) is 69.0 cm³/mol. The van der Waals surface area contributed by atoms with E-state index < -0.39 is 0 Å². The molecule has 0 amide bonds. The molecule has 4 nitrogen and oxygen atoms in total. The van der Waals surface area contributed by atoms with Gasteiger partial charge in [-0.05, 0) is 31.6 Å². The van der Waals surface area contributed by atoms with Gasteiger partial charge in [0.15, 0.2) is 0 Å². The van der Waals surface area contributed by atoms with Gasteiger partial charge in [-0.2, -0.15) is 5.10 Å². The van der Waals surface area contributed by atoms with E-state index in [2.05, 4.69) is 18.9 Å². The Morgan fingerprint density at radius 1 is 1.41 bits per heavy atom. The first-order chi connectivity index (χ1) is 8.13. The number of nitrogens with zero attached hydrogens (tertiary/aromatic N) is 2. The summed E-state index contributed by atoms with van der Waals surface area (Å²) in [5.74, 6) is 1.36. The first-order valence-corrected chi connectivity index (χ1v) is 6.61. The fourth-order valence-corrected chi connectivity index (χ4v) is 2.58. The van der Waals surface area contributed by atoms with Crippen molar-refractivity contribution in [1.29, 1.82) is 0 Å². The molecule has 0 aliphatic heterocycles. The van der Waals surface area contributed by atoms with Crippen molar-refractivity contribution >= 4 is 5.69 Å². The molecule has 4 heteroatoms. The Morgan fingerprint density at radius 2 is 2.12 bits per heavy atom. The van der Waals surface area contributed by atoms with Gasteiger partial charge in [0.2, 0.25) is 5.88 Å². The summed E-state index contributed by atoms with van der Waals surface area (Å²) in [5.41, 5.74) is 7.72. The van der Waals surface area contributed by atoms with E-state index in [4.69, 9.17) is 10.5 Å². The molecule has 2 atom stereocenters. The summed E-state index contributed by atoms with van der Waals surface area (Å²) in [5, 5.41) is 4.39. The average molecular weight is 237 g/mol. The summed E-state index contributed by atoms with van der Waals surface area (Å²) in [4.78, 5) is 0. The van der Waals surface area contributed by atoms with Crippen LogP contribution < -0.4 is 10.5 Å². The van der Waals surface area contributed by atoms with E-state index >= 15 is 0 Å². The average Bonchev–Trinajstić information content (AvgIpc) is 2.59. The lowest BCUT2D eigenvalue weighted by Crippen LogP contribution is -2.29. The van der Waals surface area contributed by atoms with Crippen molar-refractivity contribution in [1.82, 2.24) is 9.78 Å². The Labute approximate surface area is 103 Å². The lowest BCUT2D eigenvalue weighted by molar-refractivity contribution is 0.0937. The van der Waals surface area contributed by atoms with Gasteiger partial charge < -0.3 is 10.5 Å². The first kappa shape index (κ1) is 12.3. The molecule has 1 heterocycles. The third kappa shape index (κ3) is 2.40. The normalized spacial score (nSPS) is 24.9. The summed E-state index contributed by atoms with van der Waals surface area (Å²) in [6.07, 6.45) is 6.11. The van der Waals surface area contributed by atoms with E-state index in [1.807, 2.05) is 7.05 Å². The minimum absolute atomic E-state index is 0.297. The lowest BCUT2D eigenvalue weighted by Gasteiger charge is -2.29. The number of rotatable bonds is 3. The summed E-state index contributed by atoms with van der Waals surface area (Å²) in [7, 11) is 1.90. The molecule has 17 heavy (non-hydrogen) atoms. The van der Waals surface area contributed by atoms with Crippen LogP contribution in [0.5, 0.6) is 5.88 Å². The Balaban J connectivity index is 2.14. The minimum atomic E-state index is 0.297. The van der Waals surface area contributed by atoms with Gasteiger partial charge in [0.25, 0.3) is 0 Å². The largest absolute Gasteiger partial charge is 0.473 e. The second-order valence-electron chi connectivity index (χ2n) is 5.06. The van der Waals surface area contributed by atoms with Crippen LogP contribution in [0, 0.1) is 5.92 Å². The molecule has 0 aromatic carbocycles. The highest BCUT2D eigenvalue weighted by Gasteiger charge is 2.25. The molecule has 0 saturated heterocycles. The van der Waals surface area contributed by atoms with Crippen molar-refractivity contribution in [3.8, 4) is 5.88 Å². The SMILES string of the molecule is CCc1nn(C)c(OC2CCCCC2C)c1N. The number of anilines is 1. The van der Waals surface area contributed by atoms with Crippen molar-refractivity contribution in [2.75, 3.05) is 5.73 Å². The van der Waals surface area contributed by atoms with Crippen molar-refractivity contribution in [3.05, 3.63) is 5.69 Å². The summed E-state index contributed by atoms with van der Waals surface area (Å²) >= 11 is 0. The van der Waals surface area contributed by atoms with E-state index in [9.17, 15) is 0 Å². The van der Waals surface area contributed by atoms with Gasteiger partial charge in [-0.1, -0.05) is 20.3 Å². The number of nitrogens with two attached hydrogens (primary N) is 1. The standard InChI is InChI=1S/C13H23N3O/c1-4-10-12(14)13(16(3)15-10)17-11-8-6-5-7-9(11)2/h9,11H,4-8,14H2,1-3H3. The van der Waals surface area contributed by atoms with Crippen molar-refractivity contribution in [2.45, 2.75) is 52.1 Å². The van der Waals surface area contributed by atoms with E-state index in [0.29, 0.717) is 17.7 Å². The predicted octanol–water partition coefficient (Wildman–Crippen LogP) is 2.52. The van der Waals surface area contributed by atoms with Crippen LogP contribution in [0.1, 0.15) is 45.2 Å². The van der Waals surface area contributed by atoms with Crippen LogP contribution in [0.4, 0.5) is 5.69 Å². The van der Waals surface area contributed by atoms with Crippen LogP contribution in [0.3, 0.4) is 0 Å². The summed E-state index contributed by atoms with van der Waals surface area (Å²) in [6, 6.07) is 0. The summed E-state index contributed by atoms with van der Waals surface area (Å²) < 4.78 is 7.86. The van der Waals surface area contributed by atoms with E-state index in [-0.39, 0.29) is 0 Å². The van der Waals surface area contributed by atoms with Gasteiger partial charge in [-0.3, -0.25) is 0 Å². The smallest absolute Gasteiger partial charge is 0.236 e. The molecular formula is C13H23N3O. The van der Waals surface area contributed by atoms with Gasteiger partial charge in [-0.15, -0.1) is 0 Å². The van der Waals surface area contributed by atoms with Gasteiger partial charge in [0.1, 0.15) is 11.8 Å². The zero-order valence-electron chi connectivity index (χ0n) is 11.1. The Bertz CT molecular complexity index is 386. The third-order valence-electron chi connectivity index (χ3n) is 3.74. The third-order valence-corrected chi connectivity index (χ3v) is 3.74. The fourth-order valence-electron chi connectivity index (χ4n) is 2.58. The number of aryl methyl sites for hydroxylation is 2. The van der Waals surface area contributed by atoms with E-state index in [1.165, 1.54) is 19.3 Å². The molecule has 1 aliphatic rings. The maximum atomic E-state index is 6.09. The number of hydrogen-bond acceptors (Lipinski definition) is 3. The number of nitrogen functional groups attached to an aromatic ring is 1. The van der Waals surface area contributed by atoms with E-state index in [1.54, 1.807) is 4.68 Å². The molecular weight excluding hydrogens is 214 g/mol. The van der Waals surface area contributed by atoms with Crippen molar-refractivity contribution in [3.63, 3.8) is 0 Å². The maximum Gasteiger partial charge on any atom is 0.236 e. The number of ether oxygens (including phenoxy) is 1. The first-order valence-electron chi connectivity index (χ1n) is 6.61. The number of hydrogen-bond donors (Lipinski definition) is 1. The highest BCUT2D eigenvalue weighted by atomic mass is 16.5. The summed E-state index contributed by atoms with van der Waals surface area (Å²) in [6.45, 7) is 4.32. The molecule has 1 aromatic heterocycles. The molecule has 0 spiro atoms. The Hall–Kier alpha value is -1.19. The molecule has 2 rings (SSSR count). The zero-order valence-corrected chi connectivity index (χ0v) is 11.1. The van der Waals surface area contributed by atoms with Crippen LogP contribution in [-0.4, -0.2) is 15.9 Å². The zero-order chi connectivity index (χ0) is 12.4. The van der Waals surface area contributed by atoms with Crippen molar-refractivity contribution in [2.24, 2.45) is 13.0 Å². The molecule has 2 N–H and O–H groups in total. The number of aromatic nitrogens is 2. The van der Waals surface area contributed by atoms with Crippen LogP contribution >= 0.6 is 0 Å². The highest BCUT2D eigenvalue weighted by Crippen LogP contribution is 2.31. The van der Waals surface area contributed by atoms with Gasteiger partial charge in [0, 0.05) is 7.05 Å². The fraction of sp³-hybridized carbons (Fsp3) is 0.769. The topological polar surface area (TPSA) is 53.1 Å². The molecule has 1 saturated carbocycles. The van der Waals surface area contributed by atoms with Gasteiger partial charge in [-0.25, -0.2) is 4.68 Å². The molecule has 96 valence electrons. The maximum absolute atomic E-state index is 6.09. The molecule has 1 aliphatic carbocycles. The Morgan fingerprint density at radius 3 is 2.71 bits per heavy atom. The molecule has 0 bridgehead atoms. The molecule has 1 fully saturated rings. The minimum Gasteiger partial charge on any atom is -0.473 e.